The highest BCUT2D eigenvalue weighted by Crippen LogP contribution is 2.18. The smallest absolute Gasteiger partial charge is 0.223 e. The fraction of sp³-hybridized carbons (Fsp3) is 0.533. The van der Waals surface area contributed by atoms with Gasteiger partial charge in [0.15, 0.2) is 11.6 Å². The monoisotopic (exact) mass is 316 g/mol. The number of amides is 1. The summed E-state index contributed by atoms with van der Waals surface area (Å²) in [6, 6.07) is 4.88. The molecule has 1 fully saturated rings. The number of rotatable bonds is 5. The number of carbonyl (C=O) groups is 1. The zero-order valence-electron chi connectivity index (χ0n) is 12.2. The molecule has 0 aromatic heterocycles. The molecule has 4 nitrogen and oxygen atoms in total. The summed E-state index contributed by atoms with van der Waals surface area (Å²) in [5, 5.41) is 6.16. The number of ether oxygens (including phenoxy) is 1. The Morgan fingerprint density at radius 1 is 1.43 bits per heavy atom. The van der Waals surface area contributed by atoms with Crippen LogP contribution in [-0.2, 0) is 11.2 Å². The molecule has 0 atom stereocenters. The average Bonchev–Trinajstić information content (AvgIpc) is 2.48. The van der Waals surface area contributed by atoms with Gasteiger partial charge in [-0.2, -0.15) is 0 Å². The van der Waals surface area contributed by atoms with Gasteiger partial charge in [-0.05, 0) is 50.0 Å². The van der Waals surface area contributed by atoms with Gasteiger partial charge in [0.25, 0.3) is 0 Å². The topological polar surface area (TPSA) is 50.4 Å². The molecule has 1 aromatic carbocycles. The van der Waals surface area contributed by atoms with E-state index in [1.165, 1.54) is 13.2 Å². The van der Waals surface area contributed by atoms with Crippen molar-refractivity contribution >= 4 is 18.3 Å². The van der Waals surface area contributed by atoms with Crippen LogP contribution in [0.2, 0.25) is 0 Å². The highest BCUT2D eigenvalue weighted by Gasteiger charge is 2.20. The normalized spacial score (nSPS) is 15.1. The lowest BCUT2D eigenvalue weighted by molar-refractivity contribution is -0.125. The van der Waals surface area contributed by atoms with Gasteiger partial charge in [-0.3, -0.25) is 4.79 Å². The summed E-state index contributed by atoms with van der Waals surface area (Å²) in [5.74, 6) is 0.103. The summed E-state index contributed by atoms with van der Waals surface area (Å²) in [6.45, 7) is 2.35. The number of halogens is 2. The third-order valence-electron chi connectivity index (χ3n) is 3.64. The minimum atomic E-state index is -0.366. The van der Waals surface area contributed by atoms with Gasteiger partial charge in [-0.15, -0.1) is 12.4 Å². The van der Waals surface area contributed by atoms with Crippen LogP contribution in [0.1, 0.15) is 18.4 Å². The van der Waals surface area contributed by atoms with Crippen molar-refractivity contribution in [1.29, 1.82) is 0 Å². The highest BCUT2D eigenvalue weighted by molar-refractivity contribution is 5.85. The number of piperidine rings is 1. The van der Waals surface area contributed by atoms with E-state index in [0.29, 0.717) is 13.0 Å². The number of benzene rings is 1. The SMILES string of the molecule is COc1ccc(CCNC(=O)C2CCNCC2)cc1F.Cl. The molecule has 1 aromatic rings. The maximum Gasteiger partial charge on any atom is 0.223 e. The van der Waals surface area contributed by atoms with Crippen LogP contribution in [-0.4, -0.2) is 32.7 Å². The quantitative estimate of drug-likeness (QED) is 0.872. The van der Waals surface area contributed by atoms with Gasteiger partial charge in [0.2, 0.25) is 5.91 Å². The third-order valence-corrected chi connectivity index (χ3v) is 3.64. The van der Waals surface area contributed by atoms with Crippen molar-refractivity contribution in [3.63, 3.8) is 0 Å². The molecule has 0 unspecified atom stereocenters. The molecule has 0 radical (unpaired) electrons. The molecule has 0 spiro atoms. The van der Waals surface area contributed by atoms with Gasteiger partial charge in [-0.1, -0.05) is 6.07 Å². The number of hydrogen-bond acceptors (Lipinski definition) is 3. The van der Waals surface area contributed by atoms with Gasteiger partial charge in [0.1, 0.15) is 0 Å². The van der Waals surface area contributed by atoms with Crippen molar-refractivity contribution in [2.24, 2.45) is 5.92 Å². The maximum absolute atomic E-state index is 13.5. The molecule has 1 saturated heterocycles. The van der Waals surface area contributed by atoms with Crippen LogP contribution in [0.15, 0.2) is 18.2 Å². The fourth-order valence-electron chi connectivity index (χ4n) is 2.42. The minimum absolute atomic E-state index is 0. The first-order valence-electron chi connectivity index (χ1n) is 7.01. The Kier molecular flexibility index (Phi) is 7.47. The van der Waals surface area contributed by atoms with E-state index in [1.54, 1.807) is 6.07 Å². The van der Waals surface area contributed by atoms with Gasteiger partial charge < -0.3 is 15.4 Å². The predicted molar refractivity (Wildman–Crippen MR) is 82.5 cm³/mol. The van der Waals surface area contributed by atoms with E-state index in [2.05, 4.69) is 10.6 Å². The molecule has 0 saturated carbocycles. The van der Waals surface area contributed by atoms with E-state index in [1.807, 2.05) is 6.07 Å². The fourth-order valence-corrected chi connectivity index (χ4v) is 2.42. The molecule has 2 N–H and O–H groups in total. The molecule has 1 amide bonds. The second-order valence-corrected chi connectivity index (χ2v) is 5.03. The van der Waals surface area contributed by atoms with Gasteiger partial charge >= 0.3 is 0 Å². The Labute approximate surface area is 130 Å². The summed E-state index contributed by atoms with van der Waals surface area (Å²) < 4.78 is 18.4. The molecule has 1 aliphatic rings. The Bertz CT molecular complexity index is 465. The Morgan fingerprint density at radius 3 is 2.76 bits per heavy atom. The van der Waals surface area contributed by atoms with Crippen LogP contribution in [0.4, 0.5) is 4.39 Å². The first kappa shape index (κ1) is 17.7. The van der Waals surface area contributed by atoms with Crippen LogP contribution >= 0.6 is 12.4 Å². The lowest BCUT2D eigenvalue weighted by Crippen LogP contribution is -2.38. The molecule has 0 bridgehead atoms. The Morgan fingerprint density at radius 2 is 2.14 bits per heavy atom. The summed E-state index contributed by atoms with van der Waals surface area (Å²) in [7, 11) is 1.44. The highest BCUT2D eigenvalue weighted by atomic mass is 35.5. The number of methoxy groups -OCH3 is 1. The standard InChI is InChI=1S/C15H21FN2O2.ClH/c1-20-14-3-2-11(10-13(14)16)4-9-18-15(19)12-5-7-17-8-6-12;/h2-3,10,12,17H,4-9H2,1H3,(H,18,19);1H. The minimum Gasteiger partial charge on any atom is -0.494 e. The van der Waals surface area contributed by atoms with Crippen molar-refractivity contribution in [3.05, 3.63) is 29.6 Å². The summed E-state index contributed by atoms with van der Waals surface area (Å²) in [6.07, 6.45) is 2.41. The van der Waals surface area contributed by atoms with Crippen molar-refractivity contribution in [2.45, 2.75) is 19.3 Å². The van der Waals surface area contributed by atoms with Crippen LogP contribution in [0, 0.1) is 11.7 Å². The van der Waals surface area contributed by atoms with Crippen molar-refractivity contribution < 1.29 is 13.9 Å². The lowest BCUT2D eigenvalue weighted by atomic mass is 9.97. The molecular formula is C15H22ClFN2O2. The second-order valence-electron chi connectivity index (χ2n) is 5.03. The second kappa shape index (κ2) is 8.85. The summed E-state index contributed by atoms with van der Waals surface area (Å²) in [5.41, 5.74) is 0.855. The average molecular weight is 317 g/mol. The summed E-state index contributed by atoms with van der Waals surface area (Å²) in [4.78, 5) is 11.9. The molecule has 1 aliphatic heterocycles. The third kappa shape index (κ3) is 5.17. The number of nitrogens with one attached hydrogen (secondary N) is 2. The van der Waals surface area contributed by atoms with Gasteiger partial charge in [0.05, 0.1) is 7.11 Å². The summed E-state index contributed by atoms with van der Waals surface area (Å²) >= 11 is 0. The molecular weight excluding hydrogens is 295 g/mol. The predicted octanol–water partition coefficient (Wildman–Crippen LogP) is 1.91. The first-order chi connectivity index (χ1) is 9.70. The zero-order chi connectivity index (χ0) is 14.4. The van der Waals surface area contributed by atoms with Crippen LogP contribution in [0.5, 0.6) is 5.75 Å². The van der Waals surface area contributed by atoms with E-state index in [9.17, 15) is 9.18 Å². The van der Waals surface area contributed by atoms with Gasteiger partial charge in [-0.25, -0.2) is 4.39 Å². The lowest BCUT2D eigenvalue weighted by Gasteiger charge is -2.21. The van der Waals surface area contributed by atoms with Crippen LogP contribution in [0.25, 0.3) is 0 Å². The molecule has 6 heteroatoms. The van der Waals surface area contributed by atoms with Crippen LogP contribution in [0.3, 0.4) is 0 Å². The Balaban J connectivity index is 0.00000220. The van der Waals surface area contributed by atoms with E-state index >= 15 is 0 Å². The number of carbonyl (C=O) groups excluding carboxylic acids is 1. The molecule has 1 heterocycles. The van der Waals surface area contributed by atoms with Crippen molar-refractivity contribution in [1.82, 2.24) is 10.6 Å². The molecule has 2 rings (SSSR count). The van der Waals surface area contributed by atoms with E-state index in [4.69, 9.17) is 4.74 Å². The van der Waals surface area contributed by atoms with Crippen LogP contribution < -0.4 is 15.4 Å². The van der Waals surface area contributed by atoms with E-state index in [0.717, 1.165) is 31.5 Å². The zero-order valence-corrected chi connectivity index (χ0v) is 13.0. The number of hydrogen-bond donors (Lipinski definition) is 2. The van der Waals surface area contributed by atoms with E-state index < -0.39 is 0 Å². The van der Waals surface area contributed by atoms with Crippen molar-refractivity contribution in [2.75, 3.05) is 26.7 Å². The largest absolute Gasteiger partial charge is 0.494 e. The maximum atomic E-state index is 13.5. The molecule has 21 heavy (non-hydrogen) atoms. The van der Waals surface area contributed by atoms with Gasteiger partial charge in [0, 0.05) is 12.5 Å². The van der Waals surface area contributed by atoms with Crippen molar-refractivity contribution in [3.8, 4) is 5.75 Å². The van der Waals surface area contributed by atoms with E-state index in [-0.39, 0.29) is 35.8 Å². The Hall–Kier alpha value is -1.33. The molecule has 118 valence electrons. The first-order valence-corrected chi connectivity index (χ1v) is 7.01. The molecule has 0 aliphatic carbocycles.